The molecule has 7 nitrogen and oxygen atoms in total. The van der Waals surface area contributed by atoms with Gasteiger partial charge in [0.2, 0.25) is 11.6 Å². The fourth-order valence-corrected chi connectivity index (χ4v) is 2.18. The molecule has 1 saturated carbocycles. The van der Waals surface area contributed by atoms with Gasteiger partial charge >= 0.3 is 5.69 Å². The molecule has 0 aromatic carbocycles. The highest BCUT2D eigenvalue weighted by Crippen LogP contribution is 2.35. The lowest BCUT2D eigenvalue weighted by atomic mass is 10.1. The quantitative estimate of drug-likeness (QED) is 0.561. The van der Waals surface area contributed by atoms with Crippen LogP contribution in [0.25, 0.3) is 0 Å². The molecule has 110 valence electrons. The van der Waals surface area contributed by atoms with Gasteiger partial charge in [-0.1, -0.05) is 19.8 Å². The molecule has 1 atom stereocenters. The van der Waals surface area contributed by atoms with Gasteiger partial charge < -0.3 is 10.6 Å². The molecule has 1 aliphatic rings. The first kappa shape index (κ1) is 14.5. The first-order valence-corrected chi connectivity index (χ1v) is 7.11. The minimum atomic E-state index is -0.426. The molecule has 0 radical (unpaired) electrons. The lowest BCUT2D eigenvalue weighted by molar-refractivity contribution is -0.383. The molecule has 0 aliphatic heterocycles. The Bertz CT molecular complexity index is 476. The van der Waals surface area contributed by atoms with Crippen LogP contribution in [-0.2, 0) is 0 Å². The number of anilines is 2. The fourth-order valence-electron chi connectivity index (χ4n) is 2.18. The van der Waals surface area contributed by atoms with Gasteiger partial charge in [-0.25, -0.2) is 9.97 Å². The van der Waals surface area contributed by atoms with Gasteiger partial charge in [0.25, 0.3) is 0 Å². The molecule has 1 fully saturated rings. The predicted molar refractivity (Wildman–Crippen MR) is 77.9 cm³/mol. The molecule has 2 rings (SSSR count). The number of rotatable bonds is 8. The summed E-state index contributed by atoms with van der Waals surface area (Å²) in [6.45, 7) is 4.68. The normalized spacial score (nSPS) is 15.7. The van der Waals surface area contributed by atoms with Gasteiger partial charge in [-0.2, -0.15) is 0 Å². The van der Waals surface area contributed by atoms with Crippen molar-refractivity contribution >= 4 is 17.3 Å². The Hall–Kier alpha value is -1.92. The molecule has 0 spiro atoms. The molecule has 2 N–H and O–H groups in total. The van der Waals surface area contributed by atoms with Crippen LogP contribution in [0, 0.1) is 16.0 Å². The van der Waals surface area contributed by atoms with Crippen molar-refractivity contribution in [3.63, 3.8) is 0 Å². The Labute approximate surface area is 118 Å². The van der Waals surface area contributed by atoms with E-state index < -0.39 is 4.92 Å². The Balaban J connectivity index is 2.14. The van der Waals surface area contributed by atoms with Crippen molar-refractivity contribution in [2.75, 3.05) is 17.2 Å². The van der Waals surface area contributed by atoms with Crippen molar-refractivity contribution in [3.8, 4) is 0 Å². The summed E-state index contributed by atoms with van der Waals surface area (Å²) >= 11 is 0. The number of hydrogen-bond acceptors (Lipinski definition) is 6. The number of nitrogens with zero attached hydrogens (tertiary/aromatic N) is 3. The van der Waals surface area contributed by atoms with Crippen LogP contribution in [0.4, 0.5) is 17.3 Å². The summed E-state index contributed by atoms with van der Waals surface area (Å²) in [5, 5.41) is 17.4. The Kier molecular flexibility index (Phi) is 4.70. The van der Waals surface area contributed by atoms with Gasteiger partial charge in [0.15, 0.2) is 0 Å². The van der Waals surface area contributed by atoms with Crippen molar-refractivity contribution in [2.45, 2.75) is 45.6 Å². The molecule has 1 aliphatic carbocycles. The van der Waals surface area contributed by atoms with Crippen molar-refractivity contribution in [3.05, 3.63) is 16.4 Å². The van der Waals surface area contributed by atoms with Gasteiger partial charge in [-0.3, -0.25) is 10.1 Å². The average molecular weight is 279 g/mol. The maximum absolute atomic E-state index is 11.3. The van der Waals surface area contributed by atoms with Crippen LogP contribution in [0.3, 0.4) is 0 Å². The van der Waals surface area contributed by atoms with E-state index in [9.17, 15) is 10.1 Å². The van der Waals surface area contributed by atoms with E-state index >= 15 is 0 Å². The summed E-state index contributed by atoms with van der Waals surface area (Å²) < 4.78 is 0. The van der Waals surface area contributed by atoms with E-state index in [0.717, 1.165) is 18.8 Å². The standard InChI is InChI=1S/C13H21N5O2/c1-3-6-14-12-11(18(19)20)13(16-8-15-12)17-9(2)7-10-4-5-10/h8-10H,3-7H2,1-2H3,(H2,14,15,16,17). The predicted octanol–water partition coefficient (Wildman–Crippen LogP) is 2.81. The van der Waals surface area contributed by atoms with Crippen LogP contribution in [-0.4, -0.2) is 27.5 Å². The topological polar surface area (TPSA) is 93.0 Å². The summed E-state index contributed by atoms with van der Waals surface area (Å²) in [6.07, 6.45) is 5.79. The lowest BCUT2D eigenvalue weighted by Crippen LogP contribution is -2.18. The minimum absolute atomic E-state index is 0.0661. The molecule has 1 aromatic rings. The summed E-state index contributed by atoms with van der Waals surface area (Å²) in [5.74, 6) is 1.35. The number of nitro groups is 1. The van der Waals surface area contributed by atoms with Gasteiger partial charge in [-0.15, -0.1) is 0 Å². The first-order valence-electron chi connectivity index (χ1n) is 7.11. The first-order chi connectivity index (χ1) is 9.61. The van der Waals surface area contributed by atoms with Crippen molar-refractivity contribution in [2.24, 2.45) is 5.92 Å². The second-order valence-corrected chi connectivity index (χ2v) is 5.33. The van der Waals surface area contributed by atoms with E-state index in [1.807, 2.05) is 13.8 Å². The van der Waals surface area contributed by atoms with Crippen LogP contribution in [0.1, 0.15) is 39.5 Å². The molecular formula is C13H21N5O2. The number of hydrogen-bond donors (Lipinski definition) is 2. The minimum Gasteiger partial charge on any atom is -0.364 e. The third-order valence-electron chi connectivity index (χ3n) is 3.31. The molecule has 1 heterocycles. The number of aromatic nitrogens is 2. The maximum Gasteiger partial charge on any atom is 0.353 e. The zero-order valence-electron chi connectivity index (χ0n) is 11.9. The second kappa shape index (κ2) is 6.49. The van der Waals surface area contributed by atoms with E-state index in [-0.39, 0.29) is 17.5 Å². The zero-order chi connectivity index (χ0) is 14.5. The Morgan fingerprint density at radius 2 is 2.15 bits per heavy atom. The van der Waals surface area contributed by atoms with Gasteiger partial charge in [0.05, 0.1) is 4.92 Å². The smallest absolute Gasteiger partial charge is 0.353 e. The summed E-state index contributed by atoms with van der Waals surface area (Å²) in [4.78, 5) is 18.8. The fraction of sp³-hybridized carbons (Fsp3) is 0.692. The lowest BCUT2D eigenvalue weighted by Gasteiger charge is -2.15. The van der Waals surface area contributed by atoms with E-state index in [0.29, 0.717) is 12.4 Å². The molecule has 1 unspecified atom stereocenters. The van der Waals surface area contributed by atoms with Crippen molar-refractivity contribution in [1.29, 1.82) is 0 Å². The molecule has 0 saturated heterocycles. The maximum atomic E-state index is 11.3. The van der Waals surface area contributed by atoms with Crippen LogP contribution in [0.5, 0.6) is 0 Å². The van der Waals surface area contributed by atoms with Crippen LogP contribution < -0.4 is 10.6 Å². The molecular weight excluding hydrogens is 258 g/mol. The Morgan fingerprint density at radius 3 is 2.75 bits per heavy atom. The number of nitrogens with one attached hydrogen (secondary N) is 2. The summed E-state index contributed by atoms with van der Waals surface area (Å²) in [6, 6.07) is 0.176. The van der Waals surface area contributed by atoms with E-state index in [1.165, 1.54) is 19.2 Å². The SMILES string of the molecule is CCCNc1ncnc(NC(C)CC2CC2)c1[N+](=O)[O-]. The van der Waals surface area contributed by atoms with Gasteiger partial charge in [0, 0.05) is 12.6 Å². The molecule has 0 bridgehead atoms. The van der Waals surface area contributed by atoms with Crippen LogP contribution >= 0.6 is 0 Å². The van der Waals surface area contributed by atoms with Crippen LogP contribution in [0.2, 0.25) is 0 Å². The highest BCUT2D eigenvalue weighted by atomic mass is 16.6. The van der Waals surface area contributed by atoms with E-state index in [1.54, 1.807) is 0 Å². The Morgan fingerprint density at radius 1 is 1.45 bits per heavy atom. The molecule has 7 heteroatoms. The summed E-state index contributed by atoms with van der Waals surface area (Å²) in [5.41, 5.74) is -0.0661. The van der Waals surface area contributed by atoms with Gasteiger partial charge in [0.1, 0.15) is 6.33 Å². The molecule has 20 heavy (non-hydrogen) atoms. The third kappa shape index (κ3) is 3.79. The van der Waals surface area contributed by atoms with Crippen molar-refractivity contribution < 1.29 is 4.92 Å². The summed E-state index contributed by atoms with van der Waals surface area (Å²) in [7, 11) is 0. The van der Waals surface area contributed by atoms with Gasteiger partial charge in [-0.05, 0) is 25.7 Å². The van der Waals surface area contributed by atoms with E-state index in [2.05, 4.69) is 20.6 Å². The largest absolute Gasteiger partial charge is 0.364 e. The zero-order valence-corrected chi connectivity index (χ0v) is 11.9. The highest BCUT2D eigenvalue weighted by Gasteiger charge is 2.27. The van der Waals surface area contributed by atoms with Crippen LogP contribution in [0.15, 0.2) is 6.33 Å². The van der Waals surface area contributed by atoms with E-state index in [4.69, 9.17) is 0 Å². The van der Waals surface area contributed by atoms with Crippen molar-refractivity contribution in [1.82, 2.24) is 9.97 Å². The average Bonchev–Trinajstić information content (AvgIpc) is 3.19. The molecule has 0 amide bonds. The third-order valence-corrected chi connectivity index (χ3v) is 3.31. The highest BCUT2D eigenvalue weighted by molar-refractivity contribution is 5.69. The monoisotopic (exact) mass is 279 g/mol. The second-order valence-electron chi connectivity index (χ2n) is 5.33. The molecule has 1 aromatic heterocycles.